The number of likely N-dealkylation sites (tertiary alicyclic amines) is 1. The number of nitrogens with zero attached hydrogens (tertiary/aromatic N) is 1. The predicted octanol–water partition coefficient (Wildman–Crippen LogP) is 2.96. The van der Waals surface area contributed by atoms with Gasteiger partial charge in [0, 0.05) is 16.8 Å². The van der Waals surface area contributed by atoms with Gasteiger partial charge in [-0.2, -0.15) is 0 Å². The molecular formula is C21H33N3O4S. The molecule has 8 heteroatoms. The van der Waals surface area contributed by atoms with Crippen LogP contribution in [0.15, 0.2) is 0 Å². The van der Waals surface area contributed by atoms with Gasteiger partial charge in [0.05, 0.1) is 19.2 Å². The number of carbonyl (C=O) groups excluding carboxylic acids is 3. The largest absolute Gasteiger partial charge is 0.465 e. The monoisotopic (exact) mass is 423 g/mol. The molecule has 0 aliphatic carbocycles. The SMILES string of the molecule is COC(=O)c1c(NC(=O)CN2CCC(C(=O)NC(C)C(C)C)CC2)sc(C)c1C. The van der Waals surface area contributed by atoms with E-state index in [1.807, 2.05) is 20.8 Å². The molecule has 0 spiro atoms. The molecule has 1 saturated heterocycles. The first-order valence-electron chi connectivity index (χ1n) is 10.1. The van der Waals surface area contributed by atoms with Gasteiger partial charge >= 0.3 is 5.97 Å². The van der Waals surface area contributed by atoms with Gasteiger partial charge in [0.2, 0.25) is 11.8 Å². The van der Waals surface area contributed by atoms with Gasteiger partial charge in [-0.15, -0.1) is 11.3 Å². The number of carbonyl (C=O) groups is 3. The van der Waals surface area contributed by atoms with E-state index < -0.39 is 5.97 Å². The lowest BCUT2D eigenvalue weighted by Crippen LogP contribution is -2.45. The second kappa shape index (κ2) is 10.2. The molecule has 1 aliphatic rings. The molecule has 1 fully saturated rings. The van der Waals surface area contributed by atoms with Crippen molar-refractivity contribution in [3.05, 3.63) is 16.0 Å². The number of rotatable bonds is 7. The fourth-order valence-corrected chi connectivity index (χ4v) is 4.36. The molecule has 1 unspecified atom stereocenters. The number of nitrogens with one attached hydrogen (secondary N) is 2. The summed E-state index contributed by atoms with van der Waals surface area (Å²) in [6, 6.07) is 0.160. The standard InChI is InChI=1S/C21H33N3O4S/c1-12(2)14(4)22-19(26)16-7-9-24(10-8-16)11-17(25)23-20-18(21(27)28-6)13(3)15(5)29-20/h12,14,16H,7-11H2,1-6H3,(H,22,26)(H,23,25). The molecule has 162 valence electrons. The average Bonchev–Trinajstić information content (AvgIpc) is 2.94. The third-order valence-corrected chi connectivity index (χ3v) is 6.85. The minimum absolute atomic E-state index is 0.00373. The number of methoxy groups -OCH3 is 1. The van der Waals surface area contributed by atoms with E-state index in [1.54, 1.807) is 0 Å². The van der Waals surface area contributed by atoms with Crippen LogP contribution in [-0.2, 0) is 14.3 Å². The fraction of sp³-hybridized carbons (Fsp3) is 0.667. The van der Waals surface area contributed by atoms with Crippen LogP contribution in [0.25, 0.3) is 0 Å². The van der Waals surface area contributed by atoms with Crippen molar-refractivity contribution in [2.75, 3.05) is 32.1 Å². The maximum Gasteiger partial charge on any atom is 0.341 e. The first-order chi connectivity index (χ1) is 13.6. The Morgan fingerprint density at radius 1 is 1.17 bits per heavy atom. The van der Waals surface area contributed by atoms with E-state index in [0.29, 0.717) is 29.6 Å². The molecule has 7 nitrogen and oxygen atoms in total. The maximum absolute atomic E-state index is 12.5. The first kappa shape index (κ1) is 23.3. The molecule has 0 bridgehead atoms. The van der Waals surface area contributed by atoms with E-state index in [1.165, 1.54) is 18.4 Å². The Morgan fingerprint density at radius 2 is 1.79 bits per heavy atom. The maximum atomic E-state index is 12.5. The number of hydrogen-bond donors (Lipinski definition) is 2. The molecule has 2 heterocycles. The first-order valence-corrected chi connectivity index (χ1v) is 11.0. The van der Waals surface area contributed by atoms with Gasteiger partial charge in [0.25, 0.3) is 0 Å². The van der Waals surface area contributed by atoms with Crippen LogP contribution in [0.3, 0.4) is 0 Å². The molecule has 29 heavy (non-hydrogen) atoms. The van der Waals surface area contributed by atoms with Crippen molar-refractivity contribution in [3.8, 4) is 0 Å². The Hall–Kier alpha value is -1.93. The minimum atomic E-state index is -0.440. The summed E-state index contributed by atoms with van der Waals surface area (Å²) < 4.78 is 4.85. The molecule has 1 aromatic rings. The lowest BCUT2D eigenvalue weighted by molar-refractivity contribution is -0.127. The summed E-state index contributed by atoms with van der Waals surface area (Å²) in [5.41, 5.74) is 1.26. The van der Waals surface area contributed by atoms with Crippen LogP contribution in [0.4, 0.5) is 5.00 Å². The van der Waals surface area contributed by atoms with Crippen LogP contribution in [0.2, 0.25) is 0 Å². The van der Waals surface area contributed by atoms with E-state index >= 15 is 0 Å². The molecular weight excluding hydrogens is 390 g/mol. The summed E-state index contributed by atoms with van der Waals surface area (Å²) in [6.07, 6.45) is 1.49. The Bertz CT molecular complexity index is 751. The van der Waals surface area contributed by atoms with Gasteiger partial charge in [0.15, 0.2) is 0 Å². The summed E-state index contributed by atoms with van der Waals surface area (Å²) in [5.74, 6) is -0.0777. The van der Waals surface area contributed by atoms with Crippen molar-refractivity contribution in [1.82, 2.24) is 10.2 Å². The Balaban J connectivity index is 1.87. The number of hydrogen-bond acceptors (Lipinski definition) is 6. The van der Waals surface area contributed by atoms with Crippen molar-refractivity contribution in [3.63, 3.8) is 0 Å². The van der Waals surface area contributed by atoms with Crippen molar-refractivity contribution < 1.29 is 19.1 Å². The van der Waals surface area contributed by atoms with Crippen LogP contribution in [0, 0.1) is 25.7 Å². The van der Waals surface area contributed by atoms with Crippen LogP contribution >= 0.6 is 11.3 Å². The number of anilines is 1. The van der Waals surface area contributed by atoms with Crippen LogP contribution in [0.5, 0.6) is 0 Å². The fourth-order valence-electron chi connectivity index (χ4n) is 3.29. The minimum Gasteiger partial charge on any atom is -0.465 e. The normalized spacial score (nSPS) is 16.5. The zero-order valence-corrected chi connectivity index (χ0v) is 19.1. The van der Waals surface area contributed by atoms with Crippen LogP contribution in [0.1, 0.15) is 54.4 Å². The highest BCUT2D eigenvalue weighted by Crippen LogP contribution is 2.33. The Labute approximate surface area is 177 Å². The third-order valence-electron chi connectivity index (χ3n) is 5.72. The topological polar surface area (TPSA) is 87.7 Å². The number of ether oxygens (including phenoxy) is 1. The molecule has 2 amide bonds. The molecule has 2 N–H and O–H groups in total. The predicted molar refractivity (Wildman–Crippen MR) is 115 cm³/mol. The highest BCUT2D eigenvalue weighted by molar-refractivity contribution is 7.16. The highest BCUT2D eigenvalue weighted by Gasteiger charge is 2.28. The van der Waals surface area contributed by atoms with Crippen molar-refractivity contribution in [2.24, 2.45) is 11.8 Å². The number of aryl methyl sites for hydroxylation is 1. The molecule has 1 atom stereocenters. The van der Waals surface area contributed by atoms with Crippen LogP contribution < -0.4 is 10.6 Å². The van der Waals surface area contributed by atoms with Crippen LogP contribution in [-0.4, -0.2) is 55.5 Å². The van der Waals surface area contributed by atoms with Crippen molar-refractivity contribution in [2.45, 2.75) is 53.5 Å². The van der Waals surface area contributed by atoms with E-state index in [4.69, 9.17) is 4.74 Å². The Morgan fingerprint density at radius 3 is 2.34 bits per heavy atom. The van der Waals surface area contributed by atoms with E-state index in [0.717, 1.165) is 23.3 Å². The van der Waals surface area contributed by atoms with E-state index in [2.05, 4.69) is 29.4 Å². The summed E-state index contributed by atoms with van der Waals surface area (Å²) in [5, 5.41) is 6.49. The molecule has 2 rings (SSSR count). The van der Waals surface area contributed by atoms with Gasteiger partial charge in [-0.25, -0.2) is 4.79 Å². The summed E-state index contributed by atoms with van der Waals surface area (Å²) in [4.78, 5) is 40.0. The lowest BCUT2D eigenvalue weighted by Gasteiger charge is -2.31. The summed E-state index contributed by atoms with van der Waals surface area (Å²) >= 11 is 1.38. The zero-order chi connectivity index (χ0) is 21.7. The molecule has 0 saturated carbocycles. The third kappa shape index (κ3) is 6.02. The summed E-state index contributed by atoms with van der Waals surface area (Å²) in [6.45, 7) is 11.6. The summed E-state index contributed by atoms with van der Waals surface area (Å²) in [7, 11) is 1.34. The molecule has 1 aromatic heterocycles. The highest BCUT2D eigenvalue weighted by atomic mass is 32.1. The number of thiophene rings is 1. The lowest BCUT2D eigenvalue weighted by atomic mass is 9.95. The molecule has 0 aromatic carbocycles. The van der Waals surface area contributed by atoms with Gasteiger partial charge in [0.1, 0.15) is 5.00 Å². The zero-order valence-electron chi connectivity index (χ0n) is 18.3. The number of esters is 1. The van der Waals surface area contributed by atoms with Crippen molar-refractivity contribution in [1.29, 1.82) is 0 Å². The quantitative estimate of drug-likeness (QED) is 0.659. The number of amides is 2. The Kier molecular flexibility index (Phi) is 8.22. The second-order valence-electron chi connectivity index (χ2n) is 8.12. The van der Waals surface area contributed by atoms with Gasteiger partial charge in [-0.05, 0) is 58.2 Å². The average molecular weight is 424 g/mol. The van der Waals surface area contributed by atoms with E-state index in [9.17, 15) is 14.4 Å². The van der Waals surface area contributed by atoms with E-state index in [-0.39, 0.29) is 30.3 Å². The number of piperidine rings is 1. The second-order valence-corrected chi connectivity index (χ2v) is 9.34. The van der Waals surface area contributed by atoms with Crippen molar-refractivity contribution >= 4 is 34.1 Å². The molecule has 0 radical (unpaired) electrons. The van der Waals surface area contributed by atoms with Gasteiger partial charge < -0.3 is 15.4 Å². The molecule has 1 aliphatic heterocycles. The smallest absolute Gasteiger partial charge is 0.341 e. The van der Waals surface area contributed by atoms with Gasteiger partial charge in [-0.1, -0.05) is 13.8 Å². The van der Waals surface area contributed by atoms with Gasteiger partial charge in [-0.3, -0.25) is 14.5 Å².